The predicted molar refractivity (Wildman–Crippen MR) is 56.1 cm³/mol. The Morgan fingerprint density at radius 2 is 2.00 bits per heavy atom. The summed E-state index contributed by atoms with van der Waals surface area (Å²) >= 11 is 0. The molecule has 1 saturated carbocycles. The van der Waals surface area contributed by atoms with Gasteiger partial charge in [0.2, 0.25) is 0 Å². The van der Waals surface area contributed by atoms with E-state index in [2.05, 4.69) is 19.0 Å². The molecule has 0 spiro atoms. The standard InChI is InChI=1S/C11H21NO2/c1-9(13)14-11-7-5-4-6-10(11)8-12(2)3/h10-11H,4-8H2,1-3H3/t10-,11+/m0/s1. The number of carbonyl (C=O) groups excluding carboxylic acids is 1. The lowest BCUT2D eigenvalue weighted by Gasteiger charge is -2.32. The Morgan fingerprint density at radius 1 is 1.36 bits per heavy atom. The minimum atomic E-state index is -0.138. The monoisotopic (exact) mass is 199 g/mol. The van der Waals surface area contributed by atoms with E-state index in [0.29, 0.717) is 5.92 Å². The van der Waals surface area contributed by atoms with Crippen molar-refractivity contribution in [2.24, 2.45) is 5.92 Å². The first-order valence-electron chi connectivity index (χ1n) is 5.41. The molecule has 2 atom stereocenters. The quantitative estimate of drug-likeness (QED) is 0.648. The summed E-state index contributed by atoms with van der Waals surface area (Å²) in [6.07, 6.45) is 4.86. The van der Waals surface area contributed by atoms with Crippen molar-refractivity contribution < 1.29 is 9.53 Å². The van der Waals surface area contributed by atoms with Crippen LogP contribution >= 0.6 is 0 Å². The maximum atomic E-state index is 10.9. The van der Waals surface area contributed by atoms with E-state index in [1.165, 1.54) is 26.2 Å². The highest BCUT2D eigenvalue weighted by molar-refractivity contribution is 5.66. The van der Waals surface area contributed by atoms with Crippen molar-refractivity contribution in [2.45, 2.75) is 38.7 Å². The number of carbonyl (C=O) groups is 1. The summed E-state index contributed by atoms with van der Waals surface area (Å²) in [5.41, 5.74) is 0. The largest absolute Gasteiger partial charge is 0.462 e. The Morgan fingerprint density at radius 3 is 2.57 bits per heavy atom. The van der Waals surface area contributed by atoms with Gasteiger partial charge in [-0.15, -0.1) is 0 Å². The Bertz CT molecular complexity index is 192. The Balaban J connectivity index is 2.45. The molecule has 0 aliphatic heterocycles. The highest BCUT2D eigenvalue weighted by Crippen LogP contribution is 2.27. The van der Waals surface area contributed by atoms with Crippen molar-refractivity contribution in [1.82, 2.24) is 4.90 Å². The van der Waals surface area contributed by atoms with Crippen molar-refractivity contribution in [2.75, 3.05) is 20.6 Å². The van der Waals surface area contributed by atoms with Crippen LogP contribution < -0.4 is 0 Å². The van der Waals surface area contributed by atoms with Crippen LogP contribution in [0, 0.1) is 5.92 Å². The highest BCUT2D eigenvalue weighted by Gasteiger charge is 2.27. The SMILES string of the molecule is CC(=O)O[C@@H]1CCCC[C@H]1CN(C)C. The van der Waals surface area contributed by atoms with E-state index in [1.54, 1.807) is 0 Å². The van der Waals surface area contributed by atoms with Crippen molar-refractivity contribution >= 4 is 5.97 Å². The number of rotatable bonds is 3. The molecule has 1 fully saturated rings. The van der Waals surface area contributed by atoms with Crippen LogP contribution in [0.4, 0.5) is 0 Å². The summed E-state index contributed by atoms with van der Waals surface area (Å²) in [4.78, 5) is 13.1. The summed E-state index contributed by atoms with van der Waals surface area (Å²) in [7, 11) is 4.14. The van der Waals surface area contributed by atoms with Crippen LogP contribution in [-0.4, -0.2) is 37.6 Å². The average Bonchev–Trinajstić information content (AvgIpc) is 2.06. The zero-order chi connectivity index (χ0) is 10.6. The third-order valence-corrected chi connectivity index (χ3v) is 2.76. The maximum absolute atomic E-state index is 10.9. The van der Waals surface area contributed by atoms with Gasteiger partial charge in [0.1, 0.15) is 6.10 Å². The van der Waals surface area contributed by atoms with Gasteiger partial charge in [-0.25, -0.2) is 0 Å². The molecule has 1 aliphatic carbocycles. The van der Waals surface area contributed by atoms with Gasteiger partial charge in [0.25, 0.3) is 0 Å². The first-order valence-corrected chi connectivity index (χ1v) is 5.41. The van der Waals surface area contributed by atoms with Crippen molar-refractivity contribution in [3.05, 3.63) is 0 Å². The van der Waals surface area contributed by atoms with Crippen LogP contribution in [0.25, 0.3) is 0 Å². The molecule has 0 aromatic rings. The fourth-order valence-corrected chi connectivity index (χ4v) is 2.22. The molecule has 1 aliphatic rings. The molecule has 0 amide bonds. The van der Waals surface area contributed by atoms with E-state index in [9.17, 15) is 4.79 Å². The van der Waals surface area contributed by atoms with Crippen LogP contribution in [0.5, 0.6) is 0 Å². The minimum Gasteiger partial charge on any atom is -0.462 e. The van der Waals surface area contributed by atoms with E-state index in [0.717, 1.165) is 13.0 Å². The van der Waals surface area contributed by atoms with Gasteiger partial charge in [-0.3, -0.25) is 4.79 Å². The second-order valence-electron chi connectivity index (χ2n) is 4.45. The van der Waals surface area contributed by atoms with Gasteiger partial charge in [0.15, 0.2) is 0 Å². The minimum absolute atomic E-state index is 0.138. The number of nitrogens with zero attached hydrogens (tertiary/aromatic N) is 1. The van der Waals surface area contributed by atoms with Crippen LogP contribution in [0.3, 0.4) is 0 Å². The molecular formula is C11H21NO2. The third kappa shape index (κ3) is 3.66. The molecule has 14 heavy (non-hydrogen) atoms. The molecule has 0 heterocycles. The second kappa shape index (κ2) is 5.35. The maximum Gasteiger partial charge on any atom is 0.302 e. The predicted octanol–water partition coefficient (Wildman–Crippen LogP) is 1.67. The smallest absolute Gasteiger partial charge is 0.302 e. The Hall–Kier alpha value is -0.570. The number of esters is 1. The van der Waals surface area contributed by atoms with Crippen molar-refractivity contribution in [3.63, 3.8) is 0 Å². The first-order chi connectivity index (χ1) is 6.59. The molecule has 0 aromatic heterocycles. The van der Waals surface area contributed by atoms with Gasteiger partial charge in [-0.1, -0.05) is 6.42 Å². The van der Waals surface area contributed by atoms with E-state index in [4.69, 9.17) is 4.74 Å². The lowest BCUT2D eigenvalue weighted by molar-refractivity contribution is -0.151. The zero-order valence-corrected chi connectivity index (χ0v) is 9.45. The fraction of sp³-hybridized carbons (Fsp3) is 0.909. The fourth-order valence-electron chi connectivity index (χ4n) is 2.22. The molecular weight excluding hydrogens is 178 g/mol. The average molecular weight is 199 g/mol. The molecule has 3 nitrogen and oxygen atoms in total. The van der Waals surface area contributed by atoms with Gasteiger partial charge in [0, 0.05) is 19.4 Å². The number of hydrogen-bond acceptors (Lipinski definition) is 3. The van der Waals surface area contributed by atoms with E-state index in [1.807, 2.05) is 0 Å². The summed E-state index contributed by atoms with van der Waals surface area (Å²) in [5.74, 6) is 0.392. The number of hydrogen-bond donors (Lipinski definition) is 0. The summed E-state index contributed by atoms with van der Waals surface area (Å²) in [5, 5.41) is 0. The van der Waals surface area contributed by atoms with Crippen LogP contribution in [0.15, 0.2) is 0 Å². The molecule has 3 heteroatoms. The van der Waals surface area contributed by atoms with Gasteiger partial charge < -0.3 is 9.64 Å². The molecule has 82 valence electrons. The molecule has 0 radical (unpaired) electrons. The molecule has 0 unspecified atom stereocenters. The lowest BCUT2D eigenvalue weighted by Crippen LogP contribution is -2.36. The van der Waals surface area contributed by atoms with Gasteiger partial charge in [-0.05, 0) is 33.4 Å². The lowest BCUT2D eigenvalue weighted by atomic mass is 9.86. The summed E-state index contributed by atoms with van der Waals surface area (Å²) < 4.78 is 5.34. The van der Waals surface area contributed by atoms with E-state index >= 15 is 0 Å². The van der Waals surface area contributed by atoms with Gasteiger partial charge in [-0.2, -0.15) is 0 Å². The Kier molecular flexibility index (Phi) is 4.39. The second-order valence-corrected chi connectivity index (χ2v) is 4.45. The van der Waals surface area contributed by atoms with Crippen molar-refractivity contribution in [1.29, 1.82) is 0 Å². The normalized spacial score (nSPS) is 27.7. The molecule has 0 N–H and O–H groups in total. The first kappa shape index (κ1) is 11.5. The molecule has 0 bridgehead atoms. The molecule has 1 rings (SSSR count). The van der Waals surface area contributed by atoms with Crippen LogP contribution in [-0.2, 0) is 9.53 Å². The van der Waals surface area contributed by atoms with Gasteiger partial charge >= 0.3 is 5.97 Å². The Labute approximate surface area is 86.4 Å². The molecule has 0 aromatic carbocycles. The summed E-state index contributed by atoms with van der Waals surface area (Å²) in [6.45, 7) is 2.53. The molecule has 0 saturated heterocycles. The van der Waals surface area contributed by atoms with E-state index < -0.39 is 0 Å². The van der Waals surface area contributed by atoms with E-state index in [-0.39, 0.29) is 12.1 Å². The van der Waals surface area contributed by atoms with Crippen LogP contribution in [0.1, 0.15) is 32.6 Å². The van der Waals surface area contributed by atoms with Crippen LogP contribution in [0.2, 0.25) is 0 Å². The number of ether oxygens (including phenoxy) is 1. The topological polar surface area (TPSA) is 29.5 Å². The van der Waals surface area contributed by atoms with Crippen molar-refractivity contribution in [3.8, 4) is 0 Å². The zero-order valence-electron chi connectivity index (χ0n) is 9.45. The summed E-state index contributed by atoms with van der Waals surface area (Å²) in [6, 6.07) is 0. The third-order valence-electron chi connectivity index (χ3n) is 2.76. The highest BCUT2D eigenvalue weighted by atomic mass is 16.5. The van der Waals surface area contributed by atoms with Gasteiger partial charge in [0.05, 0.1) is 0 Å².